The number of hydrogen-bond acceptors (Lipinski definition) is 8. The molecule has 8 nitrogen and oxygen atoms in total. The van der Waals surface area contributed by atoms with Crippen LogP contribution in [0.2, 0.25) is 0 Å². The number of morpholine rings is 1. The molecular formula is C32H32F4N6O2. The summed E-state index contributed by atoms with van der Waals surface area (Å²) in [7, 11) is 0. The van der Waals surface area contributed by atoms with E-state index in [1.807, 2.05) is 12.1 Å². The van der Waals surface area contributed by atoms with Crippen LogP contribution in [-0.2, 0) is 23.9 Å². The Morgan fingerprint density at radius 1 is 0.977 bits per heavy atom. The van der Waals surface area contributed by atoms with E-state index in [1.54, 1.807) is 29.2 Å². The molecule has 0 radical (unpaired) electrons. The Morgan fingerprint density at radius 3 is 2.50 bits per heavy atom. The Bertz CT molecular complexity index is 1640. The van der Waals surface area contributed by atoms with Gasteiger partial charge in [-0.3, -0.25) is 0 Å². The minimum atomic E-state index is -4.56. The van der Waals surface area contributed by atoms with Crippen molar-refractivity contribution >= 4 is 23.1 Å². The first-order valence-electron chi connectivity index (χ1n) is 14.2. The monoisotopic (exact) mass is 608 g/mol. The summed E-state index contributed by atoms with van der Waals surface area (Å²) < 4.78 is 61.1. The van der Waals surface area contributed by atoms with Crippen LogP contribution in [0.25, 0.3) is 11.1 Å². The molecule has 0 atom stereocenters. The predicted octanol–water partition coefficient (Wildman–Crippen LogP) is 8.07. The molecule has 1 aliphatic rings. The Balaban J connectivity index is 1.38. The van der Waals surface area contributed by atoms with Gasteiger partial charge in [-0.1, -0.05) is 32.0 Å². The SMILES string of the molecule is CC(C)Cc1cc(Nc2cc(-c3cccc(O)c3)cc(C(F)(F)F)c2)ccc1CN=Nc1ncc(F)c(N2CCOCC2)n1. The fourth-order valence-electron chi connectivity index (χ4n) is 4.94. The van der Waals surface area contributed by atoms with E-state index in [4.69, 9.17) is 4.74 Å². The van der Waals surface area contributed by atoms with Crippen molar-refractivity contribution in [2.75, 3.05) is 36.5 Å². The van der Waals surface area contributed by atoms with Crippen LogP contribution in [0.1, 0.15) is 30.5 Å². The van der Waals surface area contributed by atoms with Gasteiger partial charge < -0.3 is 20.1 Å². The van der Waals surface area contributed by atoms with Crippen molar-refractivity contribution in [2.24, 2.45) is 16.1 Å². The zero-order valence-electron chi connectivity index (χ0n) is 24.3. The number of aromatic nitrogens is 2. The van der Waals surface area contributed by atoms with Gasteiger partial charge >= 0.3 is 6.18 Å². The summed E-state index contributed by atoms with van der Waals surface area (Å²) in [6.45, 7) is 6.34. The molecule has 230 valence electrons. The third-order valence-corrected chi connectivity index (χ3v) is 6.99. The van der Waals surface area contributed by atoms with Crippen molar-refractivity contribution in [1.29, 1.82) is 0 Å². The third-order valence-electron chi connectivity index (χ3n) is 6.99. The van der Waals surface area contributed by atoms with Crippen LogP contribution in [-0.4, -0.2) is 41.4 Å². The van der Waals surface area contributed by atoms with Gasteiger partial charge in [-0.15, -0.1) is 5.11 Å². The first kappa shape index (κ1) is 30.9. The number of rotatable bonds is 9. The number of phenols is 1. The van der Waals surface area contributed by atoms with Gasteiger partial charge in [-0.05, 0) is 77.1 Å². The van der Waals surface area contributed by atoms with Crippen LogP contribution < -0.4 is 10.2 Å². The van der Waals surface area contributed by atoms with E-state index in [0.29, 0.717) is 55.5 Å². The molecule has 1 aliphatic heterocycles. The molecule has 3 aromatic carbocycles. The number of phenolic OH excluding ortho intramolecular Hbond substituents is 1. The van der Waals surface area contributed by atoms with Gasteiger partial charge in [-0.25, -0.2) is 9.37 Å². The number of azo groups is 1. The molecule has 1 fully saturated rings. The maximum Gasteiger partial charge on any atom is 0.416 e. The van der Waals surface area contributed by atoms with Gasteiger partial charge in [0.15, 0.2) is 11.6 Å². The molecule has 4 aromatic rings. The Hall–Kier alpha value is -4.58. The van der Waals surface area contributed by atoms with E-state index < -0.39 is 17.6 Å². The highest BCUT2D eigenvalue weighted by Gasteiger charge is 2.31. The molecule has 44 heavy (non-hydrogen) atoms. The second kappa shape index (κ2) is 13.4. The number of anilines is 3. The molecule has 0 aliphatic carbocycles. The van der Waals surface area contributed by atoms with Crippen molar-refractivity contribution in [3.05, 3.63) is 89.4 Å². The quantitative estimate of drug-likeness (QED) is 0.147. The lowest BCUT2D eigenvalue weighted by atomic mass is 9.97. The van der Waals surface area contributed by atoms with Crippen molar-refractivity contribution in [3.8, 4) is 16.9 Å². The molecule has 1 saturated heterocycles. The van der Waals surface area contributed by atoms with Crippen LogP contribution in [0, 0.1) is 11.7 Å². The first-order chi connectivity index (χ1) is 21.0. The zero-order chi connectivity index (χ0) is 31.3. The average molecular weight is 609 g/mol. The summed E-state index contributed by atoms with van der Waals surface area (Å²) in [6, 6.07) is 15.4. The maximum atomic E-state index is 14.4. The predicted molar refractivity (Wildman–Crippen MR) is 160 cm³/mol. The van der Waals surface area contributed by atoms with Crippen molar-refractivity contribution in [3.63, 3.8) is 0 Å². The van der Waals surface area contributed by atoms with E-state index >= 15 is 0 Å². The number of alkyl halides is 3. The van der Waals surface area contributed by atoms with Crippen LogP contribution in [0.4, 0.5) is 40.7 Å². The van der Waals surface area contributed by atoms with Gasteiger partial charge in [0.1, 0.15) is 5.75 Å². The maximum absolute atomic E-state index is 14.4. The summed E-state index contributed by atoms with van der Waals surface area (Å²) >= 11 is 0. The van der Waals surface area contributed by atoms with Gasteiger partial charge in [0.25, 0.3) is 5.95 Å². The fourth-order valence-corrected chi connectivity index (χ4v) is 4.94. The molecule has 0 spiro atoms. The second-order valence-electron chi connectivity index (χ2n) is 10.9. The van der Waals surface area contributed by atoms with E-state index in [2.05, 4.69) is 39.4 Å². The molecule has 5 rings (SSSR count). The Kier molecular flexibility index (Phi) is 9.38. The summed E-state index contributed by atoms with van der Waals surface area (Å²) in [5.41, 5.74) is 2.68. The first-order valence-corrected chi connectivity index (χ1v) is 14.2. The van der Waals surface area contributed by atoms with E-state index in [0.717, 1.165) is 29.5 Å². The lowest BCUT2D eigenvalue weighted by Crippen LogP contribution is -2.37. The summed E-state index contributed by atoms with van der Waals surface area (Å²) in [5, 5.41) is 21.4. The van der Waals surface area contributed by atoms with E-state index in [-0.39, 0.29) is 29.7 Å². The zero-order valence-corrected chi connectivity index (χ0v) is 24.3. The number of aromatic hydroxyl groups is 1. The molecule has 0 unspecified atom stereocenters. The van der Waals surface area contributed by atoms with Crippen LogP contribution in [0.5, 0.6) is 5.75 Å². The molecule has 1 aromatic heterocycles. The molecule has 2 heterocycles. The Morgan fingerprint density at radius 2 is 1.77 bits per heavy atom. The summed E-state index contributed by atoms with van der Waals surface area (Å²) in [6.07, 6.45) is -2.78. The minimum absolute atomic E-state index is 0.0379. The van der Waals surface area contributed by atoms with Gasteiger partial charge in [0.2, 0.25) is 0 Å². The second-order valence-corrected chi connectivity index (χ2v) is 10.9. The number of halogens is 4. The third kappa shape index (κ3) is 7.87. The number of nitrogens with zero attached hydrogens (tertiary/aromatic N) is 5. The number of ether oxygens (including phenoxy) is 1. The molecule has 0 saturated carbocycles. The highest BCUT2D eigenvalue weighted by molar-refractivity contribution is 5.73. The fraction of sp³-hybridized carbons (Fsp3) is 0.312. The molecule has 2 N–H and O–H groups in total. The van der Waals surface area contributed by atoms with E-state index in [1.165, 1.54) is 12.1 Å². The van der Waals surface area contributed by atoms with Crippen molar-refractivity contribution in [1.82, 2.24) is 9.97 Å². The Labute approximate surface area is 252 Å². The lowest BCUT2D eigenvalue weighted by molar-refractivity contribution is -0.137. The van der Waals surface area contributed by atoms with Crippen molar-refractivity contribution < 1.29 is 27.4 Å². The number of hydrogen-bond donors (Lipinski definition) is 2. The minimum Gasteiger partial charge on any atom is -0.508 e. The van der Waals surface area contributed by atoms with Crippen LogP contribution in [0.3, 0.4) is 0 Å². The molecule has 12 heteroatoms. The highest BCUT2D eigenvalue weighted by atomic mass is 19.4. The van der Waals surface area contributed by atoms with Crippen LogP contribution >= 0.6 is 0 Å². The standard InChI is InChI=1S/C32H32F4N6O2/c1-20(2)12-23-14-26(39-27-15-24(13-25(17-27)32(34,35)36)21-4-3-5-28(43)16-21)7-6-22(23)18-38-41-31-37-19-29(33)30(40-31)42-8-10-44-11-9-42/h3-7,13-17,19-20,39,43H,8-12,18H2,1-2H3. The summed E-state index contributed by atoms with van der Waals surface area (Å²) in [4.78, 5) is 9.96. The normalized spacial score (nSPS) is 14.0. The lowest BCUT2D eigenvalue weighted by Gasteiger charge is -2.27. The van der Waals surface area contributed by atoms with Gasteiger partial charge in [0, 0.05) is 24.5 Å². The molecular weight excluding hydrogens is 576 g/mol. The molecule has 0 bridgehead atoms. The molecule has 0 amide bonds. The van der Waals surface area contributed by atoms with Crippen molar-refractivity contribution in [2.45, 2.75) is 33.0 Å². The van der Waals surface area contributed by atoms with E-state index in [9.17, 15) is 22.7 Å². The largest absolute Gasteiger partial charge is 0.508 e. The summed E-state index contributed by atoms with van der Waals surface area (Å²) in [5.74, 6) is -0.0750. The smallest absolute Gasteiger partial charge is 0.416 e. The number of benzene rings is 3. The highest BCUT2D eigenvalue weighted by Crippen LogP contribution is 2.36. The van der Waals surface area contributed by atoms with Crippen LogP contribution in [0.15, 0.2) is 77.1 Å². The topological polar surface area (TPSA) is 95.2 Å². The van der Waals surface area contributed by atoms with Gasteiger partial charge in [0.05, 0.1) is 31.5 Å². The average Bonchev–Trinajstić information content (AvgIpc) is 2.98. The number of nitrogens with one attached hydrogen (secondary N) is 1. The van der Waals surface area contributed by atoms with Gasteiger partial charge in [-0.2, -0.15) is 23.3 Å².